The van der Waals surface area contributed by atoms with Crippen LogP contribution in [0.3, 0.4) is 0 Å². The Morgan fingerprint density at radius 3 is 2.15 bits per heavy atom. The number of aryl methyl sites for hydroxylation is 1. The molecule has 0 fully saturated rings. The standard InChI is InChI=1S/C38H34N2/c1-4-10-31-26-37(19-15-28(31)5-2)40(38-20-17-30-12-7-9-14-33(30)27-38)35-23-21-34(22-24-35)39(3)36-18-16-29-11-6-8-13-32(29)25-36/h4-16,18-19,21-27H,2,17,20H2,1,3H3/b10-4-. The van der Waals surface area contributed by atoms with Crippen molar-refractivity contribution in [2.24, 2.45) is 0 Å². The Labute approximate surface area is 237 Å². The lowest BCUT2D eigenvalue weighted by molar-refractivity contribution is 0.894. The molecule has 0 spiro atoms. The lowest BCUT2D eigenvalue weighted by Gasteiger charge is -2.31. The number of anilines is 4. The first-order valence-electron chi connectivity index (χ1n) is 13.9. The summed E-state index contributed by atoms with van der Waals surface area (Å²) >= 11 is 0. The van der Waals surface area contributed by atoms with Gasteiger partial charge >= 0.3 is 0 Å². The Hall–Kier alpha value is -4.82. The highest BCUT2D eigenvalue weighted by Gasteiger charge is 2.20. The third kappa shape index (κ3) is 4.97. The van der Waals surface area contributed by atoms with Crippen LogP contribution in [0.4, 0.5) is 22.7 Å². The summed E-state index contributed by atoms with van der Waals surface area (Å²) < 4.78 is 0. The van der Waals surface area contributed by atoms with Crippen molar-refractivity contribution in [3.8, 4) is 0 Å². The van der Waals surface area contributed by atoms with Crippen LogP contribution >= 0.6 is 0 Å². The number of rotatable bonds is 7. The Morgan fingerprint density at radius 2 is 1.35 bits per heavy atom. The van der Waals surface area contributed by atoms with E-state index in [-0.39, 0.29) is 0 Å². The molecule has 0 radical (unpaired) electrons. The third-order valence-electron chi connectivity index (χ3n) is 7.83. The van der Waals surface area contributed by atoms with Gasteiger partial charge in [0.15, 0.2) is 0 Å². The van der Waals surface area contributed by atoms with E-state index < -0.39 is 0 Å². The lowest BCUT2D eigenvalue weighted by atomic mass is 9.94. The fourth-order valence-corrected chi connectivity index (χ4v) is 5.64. The minimum atomic E-state index is 0.984. The maximum Gasteiger partial charge on any atom is 0.0464 e. The van der Waals surface area contributed by atoms with Crippen LogP contribution in [0.1, 0.15) is 35.6 Å². The maximum atomic E-state index is 4.03. The number of nitrogens with zero attached hydrogens (tertiary/aromatic N) is 2. The van der Waals surface area contributed by atoms with E-state index in [0.717, 1.165) is 35.5 Å². The molecule has 0 aliphatic heterocycles. The van der Waals surface area contributed by atoms with Gasteiger partial charge in [0.25, 0.3) is 0 Å². The zero-order valence-corrected chi connectivity index (χ0v) is 23.2. The number of allylic oxidation sites excluding steroid dienone is 2. The first-order chi connectivity index (χ1) is 19.6. The largest absolute Gasteiger partial charge is 0.345 e. The minimum absolute atomic E-state index is 0.984. The van der Waals surface area contributed by atoms with Gasteiger partial charge in [0, 0.05) is 35.5 Å². The van der Waals surface area contributed by atoms with Gasteiger partial charge in [-0.05, 0) is 107 Å². The van der Waals surface area contributed by atoms with Crippen LogP contribution in [0.25, 0.3) is 29.0 Å². The number of benzene rings is 5. The van der Waals surface area contributed by atoms with Crippen molar-refractivity contribution in [1.29, 1.82) is 0 Å². The smallest absolute Gasteiger partial charge is 0.0464 e. The fourth-order valence-electron chi connectivity index (χ4n) is 5.64. The SMILES string of the molecule is C=Cc1ccc(N(C2=Cc3ccccc3CC2)c2ccc(N(C)c3ccc4ccccc4c3)cc2)cc1/C=C\C. The molecule has 2 heteroatoms. The van der Waals surface area contributed by atoms with Gasteiger partial charge < -0.3 is 9.80 Å². The van der Waals surface area contributed by atoms with Crippen LogP contribution in [0.15, 0.2) is 128 Å². The Morgan fingerprint density at radius 1 is 0.650 bits per heavy atom. The van der Waals surface area contributed by atoms with E-state index in [0.29, 0.717) is 0 Å². The van der Waals surface area contributed by atoms with Gasteiger partial charge in [-0.3, -0.25) is 0 Å². The molecule has 1 aliphatic rings. The average molecular weight is 519 g/mol. The van der Waals surface area contributed by atoms with E-state index in [1.54, 1.807) is 0 Å². The summed E-state index contributed by atoms with van der Waals surface area (Å²) in [6, 6.07) is 39.5. The molecule has 0 saturated heterocycles. The van der Waals surface area contributed by atoms with Crippen LogP contribution < -0.4 is 9.80 Å². The molecular formula is C38H34N2. The van der Waals surface area contributed by atoms with Crippen LogP contribution in [0.2, 0.25) is 0 Å². The van der Waals surface area contributed by atoms with Crippen molar-refractivity contribution < 1.29 is 0 Å². The Kier molecular flexibility index (Phi) is 7.08. The zero-order chi connectivity index (χ0) is 27.5. The Bertz CT molecular complexity index is 1740. The summed E-state index contributed by atoms with van der Waals surface area (Å²) in [7, 11) is 2.13. The van der Waals surface area contributed by atoms with Gasteiger partial charge in [-0.15, -0.1) is 0 Å². The second-order valence-electron chi connectivity index (χ2n) is 10.3. The third-order valence-corrected chi connectivity index (χ3v) is 7.83. The average Bonchev–Trinajstić information content (AvgIpc) is 3.01. The van der Waals surface area contributed by atoms with Crippen LogP contribution in [0.5, 0.6) is 0 Å². The van der Waals surface area contributed by atoms with E-state index >= 15 is 0 Å². The summed E-state index contributed by atoms with van der Waals surface area (Å²) in [6.07, 6.45) is 10.5. The Balaban J connectivity index is 1.40. The molecule has 196 valence electrons. The predicted octanol–water partition coefficient (Wildman–Crippen LogP) is 10.4. The quantitative estimate of drug-likeness (QED) is 0.211. The highest BCUT2D eigenvalue weighted by Crippen LogP contribution is 2.38. The predicted molar refractivity (Wildman–Crippen MR) is 175 cm³/mol. The van der Waals surface area contributed by atoms with Crippen LogP contribution in [-0.4, -0.2) is 7.05 Å². The van der Waals surface area contributed by atoms with Crippen molar-refractivity contribution in [3.05, 3.63) is 150 Å². The van der Waals surface area contributed by atoms with E-state index in [1.165, 1.54) is 38.8 Å². The first kappa shape index (κ1) is 25.5. The molecule has 0 heterocycles. The number of hydrogen-bond acceptors (Lipinski definition) is 2. The minimum Gasteiger partial charge on any atom is -0.345 e. The molecule has 0 unspecified atom stereocenters. The first-order valence-corrected chi connectivity index (χ1v) is 13.9. The van der Waals surface area contributed by atoms with Crippen molar-refractivity contribution in [1.82, 2.24) is 0 Å². The monoisotopic (exact) mass is 518 g/mol. The highest BCUT2D eigenvalue weighted by atomic mass is 15.2. The molecule has 5 aromatic rings. The van der Waals surface area contributed by atoms with Crippen LogP contribution in [-0.2, 0) is 6.42 Å². The van der Waals surface area contributed by atoms with E-state index in [1.807, 2.05) is 6.08 Å². The summed E-state index contributed by atoms with van der Waals surface area (Å²) in [5.74, 6) is 0. The zero-order valence-electron chi connectivity index (χ0n) is 23.2. The van der Waals surface area contributed by atoms with Crippen molar-refractivity contribution in [3.63, 3.8) is 0 Å². The molecule has 0 amide bonds. The molecule has 0 aromatic heterocycles. The molecule has 40 heavy (non-hydrogen) atoms. The van der Waals surface area contributed by atoms with Gasteiger partial charge in [0.1, 0.15) is 0 Å². The summed E-state index contributed by atoms with van der Waals surface area (Å²) in [5.41, 5.74) is 10.9. The maximum absolute atomic E-state index is 4.03. The lowest BCUT2D eigenvalue weighted by Crippen LogP contribution is -2.19. The molecule has 0 atom stereocenters. The molecule has 5 aromatic carbocycles. The summed E-state index contributed by atoms with van der Waals surface area (Å²) in [6.45, 7) is 6.08. The van der Waals surface area contributed by atoms with Crippen molar-refractivity contribution in [2.45, 2.75) is 19.8 Å². The highest BCUT2D eigenvalue weighted by molar-refractivity contribution is 5.87. The van der Waals surface area contributed by atoms with Crippen LogP contribution in [0, 0.1) is 0 Å². The van der Waals surface area contributed by atoms with Gasteiger partial charge in [0.05, 0.1) is 0 Å². The van der Waals surface area contributed by atoms with Gasteiger partial charge in [-0.25, -0.2) is 0 Å². The molecule has 6 rings (SSSR count). The molecule has 0 bridgehead atoms. The van der Waals surface area contributed by atoms with E-state index in [9.17, 15) is 0 Å². The van der Waals surface area contributed by atoms with Gasteiger partial charge in [-0.2, -0.15) is 0 Å². The van der Waals surface area contributed by atoms with Crippen molar-refractivity contribution >= 4 is 51.8 Å². The van der Waals surface area contributed by atoms with E-state index in [4.69, 9.17) is 0 Å². The fraction of sp³-hybridized carbons (Fsp3) is 0.105. The molecule has 0 saturated carbocycles. The molecule has 0 N–H and O–H groups in total. The number of hydrogen-bond donors (Lipinski definition) is 0. The molecule has 2 nitrogen and oxygen atoms in total. The second-order valence-corrected chi connectivity index (χ2v) is 10.3. The molecule has 1 aliphatic carbocycles. The second kappa shape index (κ2) is 11.1. The topological polar surface area (TPSA) is 6.48 Å². The van der Waals surface area contributed by atoms with Crippen molar-refractivity contribution in [2.75, 3.05) is 16.8 Å². The molecular weight excluding hydrogens is 484 g/mol. The summed E-state index contributed by atoms with van der Waals surface area (Å²) in [5, 5.41) is 2.51. The van der Waals surface area contributed by atoms with Gasteiger partial charge in [-0.1, -0.05) is 85.5 Å². The summed E-state index contributed by atoms with van der Waals surface area (Å²) in [4.78, 5) is 4.66. The van der Waals surface area contributed by atoms with Gasteiger partial charge in [0.2, 0.25) is 0 Å². The number of fused-ring (bicyclic) bond motifs is 2. The normalized spacial score (nSPS) is 12.7. The van der Waals surface area contributed by atoms with E-state index in [2.05, 4.69) is 158 Å².